The van der Waals surface area contributed by atoms with E-state index >= 15 is 0 Å². The summed E-state index contributed by atoms with van der Waals surface area (Å²) >= 11 is 12.3. The second-order valence-corrected chi connectivity index (χ2v) is 6.38. The zero-order valence-corrected chi connectivity index (χ0v) is 13.0. The summed E-state index contributed by atoms with van der Waals surface area (Å²) in [6.07, 6.45) is -0.775. The molecule has 0 spiro atoms. The zero-order valence-electron chi connectivity index (χ0n) is 11.5. The first-order valence-corrected chi connectivity index (χ1v) is 7.64. The molecule has 0 bridgehead atoms. The van der Waals surface area contributed by atoms with E-state index in [4.69, 9.17) is 27.9 Å². The second kappa shape index (κ2) is 5.01. The van der Waals surface area contributed by atoms with Crippen molar-refractivity contribution in [2.45, 2.75) is 18.1 Å². The molecular formula is C16H9Cl2FNO3-. The van der Waals surface area contributed by atoms with E-state index in [-0.39, 0.29) is 0 Å². The summed E-state index contributed by atoms with van der Waals surface area (Å²) in [6.45, 7) is 0. The average molecular weight is 353 g/mol. The number of carboxylic acids is 1. The van der Waals surface area contributed by atoms with Crippen LogP contribution in [0.15, 0.2) is 30.3 Å². The minimum absolute atomic E-state index is 0.368. The van der Waals surface area contributed by atoms with Gasteiger partial charge in [0.05, 0.1) is 11.9 Å². The SMILES string of the molecule is O=C([O-])C1Nc2cc(Cl)cc(Cl)c2C2c3cc(F)ccc3OC12. The lowest BCUT2D eigenvalue weighted by molar-refractivity contribution is -0.308. The molecule has 0 saturated heterocycles. The standard InChI is InChI=1S/C16H10Cl2FNO3/c17-6-3-9(18)13-10(4-6)20-14(16(21)22)15-12(13)8-5-7(19)1-2-11(8)23-15/h1-5,12,14-15,20H,(H,21,22)/p-1. The molecule has 2 aliphatic heterocycles. The van der Waals surface area contributed by atoms with E-state index in [1.807, 2.05) is 0 Å². The van der Waals surface area contributed by atoms with Crippen LogP contribution in [0.2, 0.25) is 10.0 Å². The van der Waals surface area contributed by atoms with Gasteiger partial charge in [-0.05, 0) is 30.3 Å². The van der Waals surface area contributed by atoms with Crippen LogP contribution in [0.3, 0.4) is 0 Å². The normalized spacial score (nSPS) is 24.0. The van der Waals surface area contributed by atoms with Crippen LogP contribution < -0.4 is 15.2 Å². The molecule has 1 N–H and O–H groups in total. The molecule has 0 aliphatic carbocycles. The monoisotopic (exact) mass is 352 g/mol. The predicted molar refractivity (Wildman–Crippen MR) is 81.5 cm³/mol. The Hall–Kier alpha value is -1.98. The van der Waals surface area contributed by atoms with Gasteiger partial charge in [0.2, 0.25) is 0 Å². The van der Waals surface area contributed by atoms with Gasteiger partial charge < -0.3 is 20.0 Å². The number of aliphatic carboxylic acids is 1. The second-order valence-electron chi connectivity index (χ2n) is 5.53. The van der Waals surface area contributed by atoms with Gasteiger partial charge in [-0.1, -0.05) is 23.2 Å². The molecule has 0 radical (unpaired) electrons. The van der Waals surface area contributed by atoms with Gasteiger partial charge >= 0.3 is 0 Å². The number of rotatable bonds is 1. The van der Waals surface area contributed by atoms with Crippen molar-refractivity contribution in [3.8, 4) is 5.75 Å². The smallest absolute Gasteiger partial charge is 0.135 e. The number of hydrogen-bond acceptors (Lipinski definition) is 4. The Morgan fingerprint density at radius 2 is 2.04 bits per heavy atom. The van der Waals surface area contributed by atoms with Crippen molar-refractivity contribution >= 4 is 34.9 Å². The van der Waals surface area contributed by atoms with E-state index in [0.717, 1.165) is 0 Å². The van der Waals surface area contributed by atoms with Crippen molar-refractivity contribution in [2.24, 2.45) is 0 Å². The highest BCUT2D eigenvalue weighted by Crippen LogP contribution is 2.51. The number of fused-ring (bicyclic) bond motifs is 5. The Balaban J connectivity index is 1.97. The van der Waals surface area contributed by atoms with Crippen molar-refractivity contribution in [1.82, 2.24) is 0 Å². The van der Waals surface area contributed by atoms with Crippen LogP contribution >= 0.6 is 23.2 Å². The van der Waals surface area contributed by atoms with E-state index in [1.54, 1.807) is 12.1 Å². The van der Waals surface area contributed by atoms with Crippen LogP contribution in [-0.2, 0) is 4.79 Å². The summed E-state index contributed by atoms with van der Waals surface area (Å²) in [5.74, 6) is -1.81. The first-order valence-electron chi connectivity index (χ1n) is 6.88. The van der Waals surface area contributed by atoms with Crippen LogP contribution in [0.1, 0.15) is 17.0 Å². The number of ether oxygens (including phenoxy) is 1. The minimum Gasteiger partial charge on any atom is -0.548 e. The number of carboxylic acid groups (broad SMARTS) is 1. The first-order chi connectivity index (χ1) is 11.0. The van der Waals surface area contributed by atoms with Crippen molar-refractivity contribution < 1.29 is 19.0 Å². The number of carbonyl (C=O) groups excluding carboxylic acids is 1. The molecule has 0 amide bonds. The lowest BCUT2D eigenvalue weighted by Gasteiger charge is -2.37. The van der Waals surface area contributed by atoms with Crippen LogP contribution in [0, 0.1) is 5.82 Å². The molecule has 2 aromatic rings. The van der Waals surface area contributed by atoms with E-state index in [0.29, 0.717) is 32.6 Å². The van der Waals surface area contributed by atoms with Crippen LogP contribution in [0.25, 0.3) is 0 Å². The first kappa shape index (κ1) is 14.6. The highest BCUT2D eigenvalue weighted by atomic mass is 35.5. The number of carbonyl (C=O) groups is 1. The van der Waals surface area contributed by atoms with Crippen LogP contribution in [0.4, 0.5) is 10.1 Å². The van der Waals surface area contributed by atoms with Crippen LogP contribution in [-0.4, -0.2) is 18.1 Å². The molecule has 2 aromatic carbocycles. The summed E-state index contributed by atoms with van der Waals surface area (Å²) in [4.78, 5) is 11.5. The van der Waals surface area contributed by atoms with Gasteiger partial charge in [0.15, 0.2) is 0 Å². The zero-order chi connectivity index (χ0) is 16.3. The van der Waals surface area contributed by atoms with Crippen molar-refractivity contribution in [3.05, 3.63) is 57.3 Å². The van der Waals surface area contributed by atoms with Gasteiger partial charge in [-0.25, -0.2) is 4.39 Å². The lowest BCUT2D eigenvalue weighted by Crippen LogP contribution is -2.53. The average Bonchev–Trinajstić information content (AvgIpc) is 2.84. The molecule has 3 unspecified atom stereocenters. The third kappa shape index (κ3) is 2.15. The summed E-state index contributed by atoms with van der Waals surface area (Å²) < 4.78 is 19.4. The number of anilines is 1. The maximum absolute atomic E-state index is 13.7. The maximum atomic E-state index is 13.7. The summed E-state index contributed by atoms with van der Waals surface area (Å²) in [5.41, 5.74) is 1.69. The molecule has 118 valence electrons. The van der Waals surface area contributed by atoms with Crippen molar-refractivity contribution in [3.63, 3.8) is 0 Å². The topological polar surface area (TPSA) is 61.4 Å². The Bertz CT molecular complexity index is 842. The molecule has 3 atom stereocenters. The van der Waals surface area contributed by atoms with Gasteiger partial charge in [-0.2, -0.15) is 0 Å². The fourth-order valence-corrected chi connectivity index (χ4v) is 3.92. The molecule has 2 aliphatic rings. The number of nitrogens with one attached hydrogen (secondary N) is 1. The molecule has 7 heteroatoms. The predicted octanol–water partition coefficient (Wildman–Crippen LogP) is 2.57. The van der Waals surface area contributed by atoms with E-state index < -0.39 is 29.9 Å². The molecule has 0 saturated carbocycles. The van der Waals surface area contributed by atoms with Gasteiger partial charge in [-0.3, -0.25) is 0 Å². The van der Waals surface area contributed by atoms with Gasteiger partial charge in [0.25, 0.3) is 0 Å². The minimum atomic E-state index is -1.31. The molecule has 4 rings (SSSR count). The summed E-state index contributed by atoms with van der Waals surface area (Å²) in [6, 6.07) is 6.15. The molecule has 23 heavy (non-hydrogen) atoms. The van der Waals surface area contributed by atoms with Gasteiger partial charge in [0, 0.05) is 26.9 Å². The van der Waals surface area contributed by atoms with Crippen molar-refractivity contribution in [1.29, 1.82) is 0 Å². The summed E-state index contributed by atoms with van der Waals surface area (Å²) in [5, 5.41) is 15.1. The fraction of sp³-hybridized carbons (Fsp3) is 0.188. The van der Waals surface area contributed by atoms with E-state index in [1.165, 1.54) is 18.2 Å². The Kier molecular flexibility index (Phi) is 3.18. The highest BCUT2D eigenvalue weighted by molar-refractivity contribution is 6.35. The lowest BCUT2D eigenvalue weighted by atomic mass is 9.81. The molecular weight excluding hydrogens is 344 g/mol. The fourth-order valence-electron chi connectivity index (χ4n) is 3.30. The number of halogens is 3. The Morgan fingerprint density at radius 1 is 1.26 bits per heavy atom. The largest absolute Gasteiger partial charge is 0.548 e. The third-order valence-electron chi connectivity index (χ3n) is 4.20. The molecule has 0 fully saturated rings. The summed E-state index contributed by atoms with van der Waals surface area (Å²) in [7, 11) is 0. The van der Waals surface area contributed by atoms with Gasteiger partial charge in [0.1, 0.15) is 23.7 Å². The molecule has 0 aromatic heterocycles. The Morgan fingerprint density at radius 3 is 2.78 bits per heavy atom. The maximum Gasteiger partial charge on any atom is 0.135 e. The van der Waals surface area contributed by atoms with E-state index in [9.17, 15) is 14.3 Å². The van der Waals surface area contributed by atoms with Crippen molar-refractivity contribution in [2.75, 3.05) is 5.32 Å². The molecule has 2 heterocycles. The molecule has 4 nitrogen and oxygen atoms in total. The van der Waals surface area contributed by atoms with Crippen LogP contribution in [0.5, 0.6) is 5.75 Å². The van der Waals surface area contributed by atoms with E-state index in [2.05, 4.69) is 5.32 Å². The quantitative estimate of drug-likeness (QED) is 0.856. The Labute approximate surface area is 140 Å². The third-order valence-corrected chi connectivity index (χ3v) is 4.73. The number of hydrogen-bond donors (Lipinski definition) is 1. The number of benzene rings is 2. The van der Waals surface area contributed by atoms with Gasteiger partial charge in [-0.15, -0.1) is 0 Å². The highest BCUT2D eigenvalue weighted by Gasteiger charge is 2.46.